The SMILES string of the molecule is COc1cc2c(cc1OC)[C@@H](C)N(S(=O)(=O)c1ccc(C)cc1)CC2. The van der Waals surface area contributed by atoms with E-state index in [0.29, 0.717) is 29.4 Å². The van der Waals surface area contributed by atoms with E-state index in [0.717, 1.165) is 16.7 Å². The molecular formula is C19H23NO4S. The van der Waals surface area contributed by atoms with Crippen LogP contribution in [0.2, 0.25) is 0 Å². The summed E-state index contributed by atoms with van der Waals surface area (Å²) >= 11 is 0. The van der Waals surface area contributed by atoms with Gasteiger partial charge in [-0.05, 0) is 55.7 Å². The van der Waals surface area contributed by atoms with Gasteiger partial charge in [0.25, 0.3) is 0 Å². The lowest BCUT2D eigenvalue weighted by atomic mass is 9.94. The molecule has 0 aromatic heterocycles. The van der Waals surface area contributed by atoms with E-state index >= 15 is 0 Å². The van der Waals surface area contributed by atoms with Gasteiger partial charge in [0.2, 0.25) is 10.0 Å². The molecule has 0 saturated carbocycles. The second kappa shape index (κ2) is 6.69. The molecular weight excluding hydrogens is 338 g/mol. The second-order valence-corrected chi connectivity index (χ2v) is 8.15. The molecule has 0 spiro atoms. The van der Waals surface area contributed by atoms with E-state index in [2.05, 4.69) is 0 Å². The van der Waals surface area contributed by atoms with E-state index in [9.17, 15) is 8.42 Å². The van der Waals surface area contributed by atoms with Crippen LogP contribution in [0.15, 0.2) is 41.3 Å². The quantitative estimate of drug-likeness (QED) is 0.838. The highest BCUT2D eigenvalue weighted by atomic mass is 32.2. The van der Waals surface area contributed by atoms with Crippen molar-refractivity contribution in [2.24, 2.45) is 0 Å². The van der Waals surface area contributed by atoms with Crippen LogP contribution in [-0.4, -0.2) is 33.5 Å². The number of fused-ring (bicyclic) bond motifs is 1. The largest absolute Gasteiger partial charge is 0.493 e. The van der Waals surface area contributed by atoms with Gasteiger partial charge >= 0.3 is 0 Å². The minimum Gasteiger partial charge on any atom is -0.493 e. The molecule has 0 fully saturated rings. The van der Waals surface area contributed by atoms with Gasteiger partial charge in [-0.1, -0.05) is 17.7 Å². The Hall–Kier alpha value is -2.05. The van der Waals surface area contributed by atoms with E-state index in [1.807, 2.05) is 38.1 Å². The maximum Gasteiger partial charge on any atom is 0.243 e. The van der Waals surface area contributed by atoms with Crippen LogP contribution >= 0.6 is 0 Å². The topological polar surface area (TPSA) is 55.8 Å². The summed E-state index contributed by atoms with van der Waals surface area (Å²) < 4.78 is 38.4. The van der Waals surface area contributed by atoms with Gasteiger partial charge in [0.1, 0.15) is 0 Å². The van der Waals surface area contributed by atoms with E-state index < -0.39 is 10.0 Å². The first-order valence-electron chi connectivity index (χ1n) is 8.21. The van der Waals surface area contributed by atoms with Crippen LogP contribution < -0.4 is 9.47 Å². The molecule has 1 heterocycles. The summed E-state index contributed by atoms with van der Waals surface area (Å²) in [6.07, 6.45) is 0.644. The zero-order valence-corrected chi connectivity index (χ0v) is 15.8. The second-order valence-electron chi connectivity index (χ2n) is 6.26. The summed E-state index contributed by atoms with van der Waals surface area (Å²) in [5.74, 6) is 1.28. The molecule has 0 aliphatic carbocycles. The fraction of sp³-hybridized carbons (Fsp3) is 0.368. The molecule has 2 aromatic carbocycles. The van der Waals surface area contributed by atoms with Crippen LogP contribution in [0, 0.1) is 6.92 Å². The van der Waals surface area contributed by atoms with Crippen molar-refractivity contribution in [2.45, 2.75) is 31.2 Å². The summed E-state index contributed by atoms with van der Waals surface area (Å²) in [4.78, 5) is 0.328. The Kier molecular flexibility index (Phi) is 4.75. The highest BCUT2D eigenvalue weighted by molar-refractivity contribution is 7.89. The van der Waals surface area contributed by atoms with Crippen molar-refractivity contribution in [3.63, 3.8) is 0 Å². The third kappa shape index (κ3) is 3.12. The monoisotopic (exact) mass is 361 g/mol. The van der Waals surface area contributed by atoms with Crippen molar-refractivity contribution in [1.82, 2.24) is 4.31 Å². The summed E-state index contributed by atoms with van der Waals surface area (Å²) in [7, 11) is -0.361. The number of benzene rings is 2. The average Bonchev–Trinajstić information content (AvgIpc) is 2.61. The number of ether oxygens (including phenoxy) is 2. The molecule has 0 unspecified atom stereocenters. The van der Waals surface area contributed by atoms with Crippen molar-refractivity contribution < 1.29 is 17.9 Å². The van der Waals surface area contributed by atoms with E-state index in [4.69, 9.17) is 9.47 Å². The molecule has 5 nitrogen and oxygen atoms in total. The zero-order valence-electron chi connectivity index (χ0n) is 14.9. The Morgan fingerprint density at radius 1 is 1.04 bits per heavy atom. The lowest BCUT2D eigenvalue weighted by Gasteiger charge is -2.34. The van der Waals surface area contributed by atoms with Crippen LogP contribution in [0.4, 0.5) is 0 Å². The number of methoxy groups -OCH3 is 2. The highest BCUT2D eigenvalue weighted by Gasteiger charge is 2.34. The lowest BCUT2D eigenvalue weighted by molar-refractivity contribution is 0.319. The zero-order chi connectivity index (χ0) is 18.2. The van der Waals surface area contributed by atoms with Crippen molar-refractivity contribution in [1.29, 1.82) is 0 Å². The van der Waals surface area contributed by atoms with Gasteiger partial charge < -0.3 is 9.47 Å². The highest BCUT2D eigenvalue weighted by Crippen LogP contribution is 2.39. The van der Waals surface area contributed by atoms with E-state index in [-0.39, 0.29) is 6.04 Å². The predicted molar refractivity (Wildman–Crippen MR) is 96.7 cm³/mol. The third-order valence-corrected chi connectivity index (χ3v) is 6.74. The van der Waals surface area contributed by atoms with Crippen LogP contribution in [-0.2, 0) is 16.4 Å². The van der Waals surface area contributed by atoms with Crippen LogP contribution in [0.1, 0.15) is 29.7 Å². The molecule has 134 valence electrons. The van der Waals surface area contributed by atoms with Crippen molar-refractivity contribution in [3.8, 4) is 11.5 Å². The number of sulfonamides is 1. The Morgan fingerprint density at radius 3 is 2.24 bits per heavy atom. The minimum absolute atomic E-state index is 0.269. The molecule has 0 radical (unpaired) electrons. The number of nitrogens with zero attached hydrogens (tertiary/aromatic N) is 1. The average molecular weight is 361 g/mol. The first kappa shape index (κ1) is 17.8. The maximum atomic E-state index is 13.1. The molecule has 1 aliphatic heterocycles. The van der Waals surface area contributed by atoms with Crippen molar-refractivity contribution in [3.05, 3.63) is 53.1 Å². The lowest BCUT2D eigenvalue weighted by Crippen LogP contribution is -2.38. The molecule has 0 saturated heterocycles. The number of hydrogen-bond donors (Lipinski definition) is 0. The summed E-state index contributed by atoms with van der Waals surface area (Å²) in [6, 6.07) is 10.5. The number of rotatable bonds is 4. The van der Waals surface area contributed by atoms with Gasteiger partial charge in [0.15, 0.2) is 11.5 Å². The normalized spacial score (nSPS) is 17.8. The summed E-state index contributed by atoms with van der Waals surface area (Å²) in [6.45, 7) is 4.30. The van der Waals surface area contributed by atoms with E-state index in [1.54, 1.807) is 30.7 Å². The Labute approximate surface area is 149 Å². The maximum absolute atomic E-state index is 13.1. The molecule has 2 aromatic rings. The van der Waals surface area contributed by atoms with Gasteiger partial charge in [0, 0.05) is 12.6 Å². The third-order valence-electron chi connectivity index (χ3n) is 4.76. The van der Waals surface area contributed by atoms with Crippen LogP contribution in [0.3, 0.4) is 0 Å². The van der Waals surface area contributed by atoms with Gasteiger partial charge in [-0.3, -0.25) is 0 Å². The number of hydrogen-bond acceptors (Lipinski definition) is 4. The first-order valence-corrected chi connectivity index (χ1v) is 9.65. The standard InChI is InChI=1S/C19H23NO4S/c1-13-5-7-16(8-6-13)25(21,22)20-10-9-15-11-18(23-3)19(24-4)12-17(15)14(20)2/h5-8,11-12,14H,9-10H2,1-4H3/t14-/m1/s1. The van der Waals surface area contributed by atoms with Crippen LogP contribution in [0.25, 0.3) is 0 Å². The van der Waals surface area contributed by atoms with E-state index in [1.165, 1.54) is 0 Å². The first-order chi connectivity index (χ1) is 11.9. The molecule has 3 rings (SSSR count). The Bertz CT molecular complexity index is 875. The van der Waals surface area contributed by atoms with Gasteiger partial charge in [-0.15, -0.1) is 0 Å². The molecule has 6 heteroatoms. The fourth-order valence-corrected chi connectivity index (χ4v) is 4.91. The van der Waals surface area contributed by atoms with Gasteiger partial charge in [-0.2, -0.15) is 4.31 Å². The number of aryl methyl sites for hydroxylation is 1. The molecule has 0 N–H and O–H groups in total. The minimum atomic E-state index is -3.54. The van der Waals surface area contributed by atoms with Gasteiger partial charge in [0.05, 0.1) is 19.1 Å². The molecule has 0 bridgehead atoms. The molecule has 25 heavy (non-hydrogen) atoms. The molecule has 1 aliphatic rings. The Morgan fingerprint density at radius 2 is 1.64 bits per heavy atom. The van der Waals surface area contributed by atoms with Crippen molar-refractivity contribution >= 4 is 10.0 Å². The molecule has 1 atom stereocenters. The van der Waals surface area contributed by atoms with Gasteiger partial charge in [-0.25, -0.2) is 8.42 Å². The molecule has 0 amide bonds. The predicted octanol–water partition coefficient (Wildman–Crippen LogP) is 3.32. The summed E-state index contributed by atoms with van der Waals surface area (Å²) in [5, 5.41) is 0. The van der Waals surface area contributed by atoms with Crippen LogP contribution in [0.5, 0.6) is 11.5 Å². The smallest absolute Gasteiger partial charge is 0.243 e. The Balaban J connectivity index is 2.01. The van der Waals surface area contributed by atoms with Crippen molar-refractivity contribution in [2.75, 3.05) is 20.8 Å². The fourth-order valence-electron chi connectivity index (χ4n) is 3.30. The summed E-state index contributed by atoms with van der Waals surface area (Å²) in [5.41, 5.74) is 3.09.